The minimum Gasteiger partial charge on any atom is -0.326 e. The number of hydrogen-bond donors (Lipinski definition) is 1. The molecule has 1 aliphatic heterocycles. The van der Waals surface area contributed by atoms with Gasteiger partial charge in [-0.25, -0.2) is 4.63 Å². The maximum absolute atomic E-state index is 6.23. The van der Waals surface area contributed by atoms with Gasteiger partial charge in [0.2, 0.25) is 0 Å². The van der Waals surface area contributed by atoms with E-state index in [9.17, 15) is 0 Å². The van der Waals surface area contributed by atoms with Gasteiger partial charge in [0, 0.05) is 25.7 Å². The Kier molecular flexibility index (Phi) is 2.26. The Labute approximate surface area is 94.9 Å². The van der Waals surface area contributed by atoms with Gasteiger partial charge in [0.1, 0.15) is 11.4 Å². The van der Waals surface area contributed by atoms with Crippen LogP contribution in [-0.2, 0) is 6.54 Å². The van der Waals surface area contributed by atoms with Gasteiger partial charge in [-0.2, -0.15) is 0 Å². The van der Waals surface area contributed by atoms with E-state index in [4.69, 9.17) is 10.4 Å². The zero-order valence-electron chi connectivity index (χ0n) is 9.65. The normalized spacial score (nSPS) is 28.5. The van der Waals surface area contributed by atoms with Crippen molar-refractivity contribution in [1.82, 2.24) is 15.2 Å². The molecule has 16 heavy (non-hydrogen) atoms. The topological polar surface area (TPSA) is 68.2 Å². The summed E-state index contributed by atoms with van der Waals surface area (Å²) >= 11 is 0. The van der Waals surface area contributed by atoms with Gasteiger partial charge in [-0.3, -0.25) is 4.90 Å². The summed E-state index contributed by atoms with van der Waals surface area (Å²) in [5, 5.41) is 7.73. The molecule has 2 N–H and O–H groups in total. The minimum atomic E-state index is 0.335. The first-order valence-electron chi connectivity index (χ1n) is 5.96. The average molecular weight is 222 g/mol. The highest BCUT2D eigenvalue weighted by molar-refractivity contribution is 5.09. The zero-order valence-corrected chi connectivity index (χ0v) is 9.65. The Morgan fingerprint density at radius 1 is 1.50 bits per heavy atom. The molecule has 2 aliphatic rings. The van der Waals surface area contributed by atoms with Crippen molar-refractivity contribution in [2.45, 2.75) is 38.8 Å². The zero-order chi connectivity index (χ0) is 11.2. The molecular weight excluding hydrogens is 204 g/mol. The molecule has 5 heteroatoms. The van der Waals surface area contributed by atoms with Crippen LogP contribution in [0.3, 0.4) is 0 Å². The third kappa shape index (κ3) is 1.46. The number of aryl methyl sites for hydroxylation is 1. The van der Waals surface area contributed by atoms with Crippen LogP contribution in [-0.4, -0.2) is 34.3 Å². The fourth-order valence-electron chi connectivity index (χ4n) is 2.98. The molecule has 2 heterocycles. The van der Waals surface area contributed by atoms with Crippen molar-refractivity contribution < 1.29 is 4.63 Å². The van der Waals surface area contributed by atoms with Gasteiger partial charge >= 0.3 is 0 Å². The number of hydrogen-bond acceptors (Lipinski definition) is 5. The molecule has 1 aromatic heterocycles. The predicted octanol–water partition coefficient (Wildman–Crippen LogP) is 0.691. The summed E-state index contributed by atoms with van der Waals surface area (Å²) in [6.45, 7) is 4.85. The Hall–Kier alpha value is -0.940. The van der Waals surface area contributed by atoms with Crippen LogP contribution in [0.15, 0.2) is 4.63 Å². The summed E-state index contributed by atoms with van der Waals surface area (Å²) in [6.07, 6.45) is 3.92. The van der Waals surface area contributed by atoms with Crippen LogP contribution in [0.25, 0.3) is 0 Å². The van der Waals surface area contributed by atoms with E-state index >= 15 is 0 Å². The summed E-state index contributed by atoms with van der Waals surface area (Å²) in [4.78, 5) is 2.39. The first-order chi connectivity index (χ1) is 7.70. The molecule has 2 fully saturated rings. The van der Waals surface area contributed by atoms with E-state index < -0.39 is 0 Å². The molecule has 1 aromatic rings. The monoisotopic (exact) mass is 222 g/mol. The van der Waals surface area contributed by atoms with Crippen molar-refractivity contribution >= 4 is 0 Å². The fraction of sp³-hybridized carbons (Fsp3) is 0.818. The maximum Gasteiger partial charge on any atom is 0.122 e. The second-order valence-corrected chi connectivity index (χ2v) is 5.29. The lowest BCUT2D eigenvalue weighted by atomic mass is 9.66. The SMILES string of the molecule is Cc1nonc1CN1CC(N)C2(CCC2)C1. The van der Waals surface area contributed by atoms with Gasteiger partial charge in [-0.05, 0) is 25.2 Å². The quantitative estimate of drug-likeness (QED) is 0.797. The van der Waals surface area contributed by atoms with Gasteiger partial charge in [0.15, 0.2) is 0 Å². The first kappa shape index (κ1) is 10.2. The van der Waals surface area contributed by atoms with Crippen LogP contribution >= 0.6 is 0 Å². The van der Waals surface area contributed by atoms with E-state index in [0.717, 1.165) is 31.0 Å². The Morgan fingerprint density at radius 2 is 2.31 bits per heavy atom. The van der Waals surface area contributed by atoms with E-state index in [1.807, 2.05) is 6.92 Å². The van der Waals surface area contributed by atoms with Crippen molar-refractivity contribution in [3.63, 3.8) is 0 Å². The lowest BCUT2D eigenvalue weighted by molar-refractivity contribution is 0.121. The molecule has 1 atom stereocenters. The van der Waals surface area contributed by atoms with E-state index in [1.165, 1.54) is 19.3 Å². The highest BCUT2D eigenvalue weighted by Crippen LogP contribution is 2.47. The summed E-state index contributed by atoms with van der Waals surface area (Å²) in [5.74, 6) is 0. The van der Waals surface area contributed by atoms with Crippen LogP contribution in [0.1, 0.15) is 30.7 Å². The summed E-state index contributed by atoms with van der Waals surface area (Å²) in [6, 6.07) is 0.335. The molecule has 0 radical (unpaired) electrons. The largest absolute Gasteiger partial charge is 0.326 e. The summed E-state index contributed by atoms with van der Waals surface area (Å²) < 4.78 is 4.72. The molecule has 1 spiro atoms. The Balaban J connectivity index is 1.68. The highest BCUT2D eigenvalue weighted by Gasteiger charge is 2.48. The molecule has 1 saturated carbocycles. The number of likely N-dealkylation sites (tertiary alicyclic amines) is 1. The second-order valence-electron chi connectivity index (χ2n) is 5.29. The second kappa shape index (κ2) is 3.53. The van der Waals surface area contributed by atoms with Crippen LogP contribution in [0.4, 0.5) is 0 Å². The number of nitrogens with two attached hydrogens (primary N) is 1. The Morgan fingerprint density at radius 3 is 2.81 bits per heavy atom. The van der Waals surface area contributed by atoms with Gasteiger partial charge in [0.25, 0.3) is 0 Å². The van der Waals surface area contributed by atoms with E-state index in [-0.39, 0.29) is 0 Å². The van der Waals surface area contributed by atoms with Crippen LogP contribution < -0.4 is 5.73 Å². The van der Waals surface area contributed by atoms with Gasteiger partial charge in [0.05, 0.1) is 0 Å². The molecule has 0 aromatic carbocycles. The van der Waals surface area contributed by atoms with E-state index in [1.54, 1.807) is 0 Å². The van der Waals surface area contributed by atoms with Gasteiger partial charge in [-0.15, -0.1) is 0 Å². The third-order valence-corrected chi connectivity index (χ3v) is 4.25. The van der Waals surface area contributed by atoms with Gasteiger partial charge in [-0.1, -0.05) is 16.7 Å². The van der Waals surface area contributed by atoms with Crippen molar-refractivity contribution in [3.05, 3.63) is 11.4 Å². The van der Waals surface area contributed by atoms with E-state index in [2.05, 4.69) is 15.2 Å². The molecule has 1 unspecified atom stereocenters. The average Bonchev–Trinajstić information content (AvgIpc) is 2.71. The third-order valence-electron chi connectivity index (χ3n) is 4.25. The molecular formula is C11H18N4O. The summed E-state index contributed by atoms with van der Waals surface area (Å²) in [5.41, 5.74) is 8.48. The van der Waals surface area contributed by atoms with Crippen LogP contribution in [0.5, 0.6) is 0 Å². The predicted molar refractivity (Wildman–Crippen MR) is 58.6 cm³/mol. The molecule has 3 rings (SSSR count). The highest BCUT2D eigenvalue weighted by atomic mass is 16.6. The van der Waals surface area contributed by atoms with Crippen molar-refractivity contribution in [2.75, 3.05) is 13.1 Å². The lowest BCUT2D eigenvalue weighted by Gasteiger charge is -2.41. The van der Waals surface area contributed by atoms with Crippen LogP contribution in [0.2, 0.25) is 0 Å². The molecule has 5 nitrogen and oxygen atoms in total. The number of aromatic nitrogens is 2. The molecule has 1 aliphatic carbocycles. The van der Waals surface area contributed by atoms with Crippen molar-refractivity contribution in [3.8, 4) is 0 Å². The maximum atomic E-state index is 6.23. The molecule has 1 saturated heterocycles. The van der Waals surface area contributed by atoms with Gasteiger partial charge < -0.3 is 5.73 Å². The van der Waals surface area contributed by atoms with Crippen molar-refractivity contribution in [1.29, 1.82) is 0 Å². The molecule has 0 bridgehead atoms. The Bertz CT molecular complexity index is 385. The number of nitrogens with zero attached hydrogens (tertiary/aromatic N) is 3. The standard InChI is InChI=1S/C11H18N4O/c1-8-9(14-16-13-8)5-15-6-10(12)11(7-15)3-2-4-11/h10H,2-7,12H2,1H3. The fourth-order valence-corrected chi connectivity index (χ4v) is 2.98. The van der Waals surface area contributed by atoms with E-state index in [0.29, 0.717) is 11.5 Å². The molecule has 88 valence electrons. The summed E-state index contributed by atoms with van der Waals surface area (Å²) in [7, 11) is 0. The lowest BCUT2D eigenvalue weighted by Crippen LogP contribution is -2.45. The smallest absolute Gasteiger partial charge is 0.122 e. The number of rotatable bonds is 2. The van der Waals surface area contributed by atoms with Crippen molar-refractivity contribution in [2.24, 2.45) is 11.1 Å². The van der Waals surface area contributed by atoms with Crippen LogP contribution in [0, 0.1) is 12.3 Å². The molecule has 0 amide bonds. The minimum absolute atomic E-state index is 0.335. The first-order valence-corrected chi connectivity index (χ1v) is 5.96.